The lowest BCUT2D eigenvalue weighted by Gasteiger charge is -2.07. The molecule has 7 aromatic rings. The summed E-state index contributed by atoms with van der Waals surface area (Å²) in [7, 11) is 0. The predicted octanol–water partition coefficient (Wildman–Crippen LogP) is 8.05. The van der Waals surface area contributed by atoms with E-state index in [-0.39, 0.29) is 0 Å². The van der Waals surface area contributed by atoms with Gasteiger partial charge in [-0.05, 0) is 72.8 Å². The summed E-state index contributed by atoms with van der Waals surface area (Å²) in [4.78, 5) is 18.0. The number of thiophene rings is 1. The summed E-state index contributed by atoms with van der Waals surface area (Å²) >= 11 is 1.76. The summed E-state index contributed by atoms with van der Waals surface area (Å²) in [6, 6.07) is 36.2. The Hall–Kier alpha value is -5.76. The van der Waals surface area contributed by atoms with Crippen molar-refractivity contribution in [3.05, 3.63) is 121 Å². The number of rotatable bonds is 4. The molecule has 0 amide bonds. The van der Waals surface area contributed by atoms with Crippen molar-refractivity contribution >= 4 is 31.5 Å². The van der Waals surface area contributed by atoms with Gasteiger partial charge in [0.05, 0.1) is 22.8 Å². The van der Waals surface area contributed by atoms with Crippen LogP contribution in [0.5, 0.6) is 0 Å². The molecule has 0 fully saturated rings. The normalized spacial score (nSPS) is 10.9. The summed E-state index contributed by atoms with van der Waals surface area (Å²) in [6.45, 7) is 0. The fourth-order valence-corrected chi connectivity index (χ4v) is 5.98. The van der Waals surface area contributed by atoms with Crippen LogP contribution in [0.1, 0.15) is 11.4 Å². The highest BCUT2D eigenvalue weighted by Gasteiger charge is 2.12. The molecule has 0 saturated carbocycles. The Labute approximate surface area is 239 Å². The van der Waals surface area contributed by atoms with E-state index < -0.39 is 0 Å². The number of nitrogens with zero attached hydrogens (tertiary/aromatic N) is 6. The average Bonchev–Trinajstić information content (AvgIpc) is 3.42. The lowest BCUT2D eigenvalue weighted by Crippen LogP contribution is -1.90. The minimum Gasteiger partial charge on any atom is -0.248 e. The summed E-state index contributed by atoms with van der Waals surface area (Å²) < 4.78 is 2.40. The molecule has 0 aliphatic carbocycles. The van der Waals surface area contributed by atoms with E-state index in [1.165, 1.54) is 9.40 Å². The van der Waals surface area contributed by atoms with E-state index in [0.717, 1.165) is 55.8 Å². The molecule has 0 aliphatic rings. The molecular weight excluding hydrogens is 524 g/mol. The van der Waals surface area contributed by atoms with Crippen LogP contribution in [0.25, 0.3) is 65.2 Å². The number of nitriles is 2. The molecule has 5 heterocycles. The molecule has 0 bridgehead atoms. The second kappa shape index (κ2) is 10.1. The Kier molecular flexibility index (Phi) is 5.98. The van der Waals surface area contributed by atoms with Crippen LogP contribution in [-0.4, -0.2) is 19.9 Å². The maximum absolute atomic E-state index is 9.24. The van der Waals surface area contributed by atoms with Crippen molar-refractivity contribution in [3.8, 4) is 57.2 Å². The highest BCUT2D eigenvalue weighted by atomic mass is 32.1. The Morgan fingerprint density at radius 1 is 0.488 bits per heavy atom. The summed E-state index contributed by atoms with van der Waals surface area (Å²) in [5, 5.41) is 20.8. The smallest absolute Gasteiger partial charge is 0.141 e. The molecule has 6 nitrogen and oxygen atoms in total. The molecule has 0 saturated heterocycles. The molecular formula is C34H18N6S. The van der Waals surface area contributed by atoms with Gasteiger partial charge in [-0.15, -0.1) is 11.3 Å². The third kappa shape index (κ3) is 4.57. The van der Waals surface area contributed by atoms with E-state index in [4.69, 9.17) is 9.97 Å². The van der Waals surface area contributed by atoms with Crippen LogP contribution in [0, 0.1) is 22.7 Å². The largest absolute Gasteiger partial charge is 0.248 e. The van der Waals surface area contributed by atoms with E-state index in [1.54, 1.807) is 35.9 Å². The Balaban J connectivity index is 1.29. The van der Waals surface area contributed by atoms with Crippen molar-refractivity contribution in [2.24, 2.45) is 0 Å². The van der Waals surface area contributed by atoms with Crippen LogP contribution in [0.15, 0.2) is 109 Å². The van der Waals surface area contributed by atoms with Crippen LogP contribution in [0.4, 0.5) is 0 Å². The number of hydrogen-bond donors (Lipinski definition) is 0. The zero-order chi connectivity index (χ0) is 27.8. The molecule has 190 valence electrons. The molecule has 0 radical (unpaired) electrons. The molecule has 0 spiro atoms. The van der Waals surface area contributed by atoms with E-state index in [1.807, 2.05) is 48.5 Å². The molecule has 2 aromatic carbocycles. The van der Waals surface area contributed by atoms with Crippen LogP contribution in [-0.2, 0) is 0 Å². The van der Waals surface area contributed by atoms with Crippen molar-refractivity contribution < 1.29 is 0 Å². The fraction of sp³-hybridized carbons (Fsp3) is 0. The minimum atomic E-state index is 0.365. The molecule has 0 N–H and O–H groups in total. The van der Waals surface area contributed by atoms with Crippen LogP contribution in [0.3, 0.4) is 0 Å². The van der Waals surface area contributed by atoms with Gasteiger partial charge in [0, 0.05) is 54.8 Å². The summed E-state index contributed by atoms with van der Waals surface area (Å²) in [5.41, 5.74) is 7.79. The average molecular weight is 543 g/mol. The molecule has 41 heavy (non-hydrogen) atoms. The zero-order valence-corrected chi connectivity index (χ0v) is 22.3. The van der Waals surface area contributed by atoms with E-state index in [2.05, 4.69) is 58.5 Å². The number of pyridine rings is 4. The SMILES string of the molecule is N#Cc1cc(-c2cccc(-c3ccc4sc5ccc(-c6cccc(-c7ccnc(C#N)c7)n6)cc5c4c3)n2)ccn1. The van der Waals surface area contributed by atoms with Crippen molar-refractivity contribution in [2.45, 2.75) is 0 Å². The Morgan fingerprint density at radius 2 is 0.902 bits per heavy atom. The second-order valence-electron chi connectivity index (χ2n) is 9.42. The van der Waals surface area contributed by atoms with Crippen molar-refractivity contribution in [3.63, 3.8) is 0 Å². The monoisotopic (exact) mass is 542 g/mol. The lowest BCUT2D eigenvalue weighted by molar-refractivity contribution is 1.25. The topological polar surface area (TPSA) is 99.1 Å². The van der Waals surface area contributed by atoms with Gasteiger partial charge in [-0.3, -0.25) is 0 Å². The van der Waals surface area contributed by atoms with Gasteiger partial charge in [0.15, 0.2) is 0 Å². The Morgan fingerprint density at radius 3 is 1.32 bits per heavy atom. The summed E-state index contributed by atoms with van der Waals surface area (Å²) in [6.07, 6.45) is 3.27. The minimum absolute atomic E-state index is 0.365. The molecule has 0 atom stereocenters. The van der Waals surface area contributed by atoms with Gasteiger partial charge < -0.3 is 0 Å². The van der Waals surface area contributed by atoms with Gasteiger partial charge in [-0.25, -0.2) is 19.9 Å². The predicted molar refractivity (Wildman–Crippen MR) is 162 cm³/mol. The summed E-state index contributed by atoms with van der Waals surface area (Å²) in [5.74, 6) is 0. The maximum atomic E-state index is 9.24. The van der Waals surface area contributed by atoms with Gasteiger partial charge in [0.25, 0.3) is 0 Å². The van der Waals surface area contributed by atoms with Gasteiger partial charge in [-0.2, -0.15) is 10.5 Å². The van der Waals surface area contributed by atoms with Gasteiger partial charge in [0.2, 0.25) is 0 Å². The first kappa shape index (κ1) is 24.3. The van der Waals surface area contributed by atoms with E-state index in [0.29, 0.717) is 11.4 Å². The van der Waals surface area contributed by atoms with Gasteiger partial charge in [0.1, 0.15) is 23.5 Å². The zero-order valence-electron chi connectivity index (χ0n) is 21.5. The second-order valence-corrected chi connectivity index (χ2v) is 10.5. The van der Waals surface area contributed by atoms with E-state index >= 15 is 0 Å². The van der Waals surface area contributed by atoms with Crippen LogP contribution in [0.2, 0.25) is 0 Å². The quantitative estimate of drug-likeness (QED) is 0.223. The van der Waals surface area contributed by atoms with Crippen LogP contribution >= 0.6 is 11.3 Å². The van der Waals surface area contributed by atoms with Crippen molar-refractivity contribution in [1.82, 2.24) is 19.9 Å². The maximum Gasteiger partial charge on any atom is 0.141 e. The molecule has 0 unspecified atom stereocenters. The molecule has 0 aliphatic heterocycles. The third-order valence-electron chi connectivity index (χ3n) is 6.90. The van der Waals surface area contributed by atoms with E-state index in [9.17, 15) is 10.5 Å². The molecule has 5 aromatic heterocycles. The van der Waals surface area contributed by atoms with Crippen molar-refractivity contribution in [2.75, 3.05) is 0 Å². The first-order valence-electron chi connectivity index (χ1n) is 12.8. The molecule has 7 heteroatoms. The first-order valence-corrected chi connectivity index (χ1v) is 13.6. The number of aromatic nitrogens is 4. The van der Waals surface area contributed by atoms with Gasteiger partial charge >= 0.3 is 0 Å². The number of hydrogen-bond acceptors (Lipinski definition) is 7. The lowest BCUT2D eigenvalue weighted by atomic mass is 10.0. The molecule has 7 rings (SSSR count). The third-order valence-corrected chi connectivity index (χ3v) is 8.05. The van der Waals surface area contributed by atoms with Crippen LogP contribution < -0.4 is 0 Å². The standard InChI is InChI=1S/C34H18N6S/c35-19-25-15-23(11-13-37-25)31-5-1-3-29(39-31)21-7-9-33-27(17-21)28-18-22(8-10-34(28)41-33)30-4-2-6-32(40-30)24-12-14-38-26(16-24)20-36/h1-18H. The Bertz CT molecular complexity index is 2050. The number of benzene rings is 2. The van der Waals surface area contributed by atoms with Crippen molar-refractivity contribution in [1.29, 1.82) is 10.5 Å². The highest BCUT2D eigenvalue weighted by molar-refractivity contribution is 7.25. The number of fused-ring (bicyclic) bond motifs is 3. The highest BCUT2D eigenvalue weighted by Crippen LogP contribution is 2.38. The fourth-order valence-electron chi connectivity index (χ4n) is 4.91. The van der Waals surface area contributed by atoms with Gasteiger partial charge in [-0.1, -0.05) is 24.3 Å². The first-order chi connectivity index (χ1) is 20.2.